The van der Waals surface area contributed by atoms with Gasteiger partial charge in [-0.1, -0.05) is 17.7 Å². The number of benzene rings is 1. The van der Waals surface area contributed by atoms with Crippen molar-refractivity contribution in [2.45, 2.75) is 43.8 Å². The van der Waals surface area contributed by atoms with Gasteiger partial charge in [0.25, 0.3) is 0 Å². The Morgan fingerprint density at radius 2 is 1.94 bits per heavy atom. The summed E-state index contributed by atoms with van der Waals surface area (Å²) in [5.74, 6) is 0. The molecule has 4 heteroatoms. The standard InChI is InChI=1S/C14H18BrClN2/c1-18-10-5-6-11(18)8-9(7-10)17-13-4-2-3-12(16)14(13)15/h2-4,9-11,17H,5-8H2,1H3. The quantitative estimate of drug-likeness (QED) is 0.877. The van der Waals surface area contributed by atoms with E-state index in [-0.39, 0.29) is 0 Å². The third-order valence-corrected chi connectivity index (χ3v) is 5.81. The molecule has 0 aromatic heterocycles. The molecule has 2 fully saturated rings. The number of fused-ring (bicyclic) bond motifs is 2. The van der Waals surface area contributed by atoms with Crippen molar-refractivity contribution < 1.29 is 0 Å². The van der Waals surface area contributed by atoms with Gasteiger partial charge in [-0.2, -0.15) is 0 Å². The van der Waals surface area contributed by atoms with Crippen LogP contribution in [-0.4, -0.2) is 30.1 Å². The minimum absolute atomic E-state index is 0.577. The van der Waals surface area contributed by atoms with Crippen LogP contribution in [0, 0.1) is 0 Å². The van der Waals surface area contributed by atoms with Crippen molar-refractivity contribution in [3.8, 4) is 0 Å². The van der Waals surface area contributed by atoms with Crippen LogP contribution in [0.15, 0.2) is 22.7 Å². The first-order valence-electron chi connectivity index (χ1n) is 6.57. The molecule has 1 aromatic carbocycles. The molecule has 0 saturated carbocycles. The molecule has 0 radical (unpaired) electrons. The zero-order chi connectivity index (χ0) is 12.7. The fraction of sp³-hybridized carbons (Fsp3) is 0.571. The molecule has 2 saturated heterocycles. The summed E-state index contributed by atoms with van der Waals surface area (Å²) in [6.45, 7) is 0. The number of hydrogen-bond acceptors (Lipinski definition) is 2. The van der Waals surface area contributed by atoms with Crippen LogP contribution in [0.4, 0.5) is 5.69 Å². The normalized spacial score (nSPS) is 31.6. The minimum atomic E-state index is 0.577. The summed E-state index contributed by atoms with van der Waals surface area (Å²) in [6.07, 6.45) is 5.20. The van der Waals surface area contributed by atoms with E-state index in [2.05, 4.69) is 39.3 Å². The molecule has 2 atom stereocenters. The lowest BCUT2D eigenvalue weighted by Gasteiger charge is -2.37. The Morgan fingerprint density at radius 1 is 1.28 bits per heavy atom. The SMILES string of the molecule is CN1C2CCC1CC(Nc1cccc(Cl)c1Br)C2. The molecule has 2 nitrogen and oxygen atoms in total. The molecular formula is C14H18BrClN2. The maximum absolute atomic E-state index is 6.13. The maximum atomic E-state index is 6.13. The lowest BCUT2D eigenvalue weighted by atomic mass is 9.98. The smallest absolute Gasteiger partial charge is 0.0593 e. The number of halogens is 2. The van der Waals surface area contributed by atoms with Crippen LogP contribution >= 0.6 is 27.5 Å². The summed E-state index contributed by atoms with van der Waals surface area (Å²) >= 11 is 9.69. The number of rotatable bonds is 2. The molecule has 98 valence electrons. The predicted molar refractivity (Wildman–Crippen MR) is 80.4 cm³/mol. The average Bonchev–Trinajstić information content (AvgIpc) is 2.59. The van der Waals surface area contributed by atoms with Gasteiger partial charge in [-0.15, -0.1) is 0 Å². The number of hydrogen-bond donors (Lipinski definition) is 1. The second kappa shape index (κ2) is 5.03. The highest BCUT2D eigenvalue weighted by Crippen LogP contribution is 2.37. The molecule has 2 aliphatic heterocycles. The fourth-order valence-corrected chi connectivity index (χ4v) is 3.92. The van der Waals surface area contributed by atoms with E-state index in [0.29, 0.717) is 6.04 Å². The summed E-state index contributed by atoms with van der Waals surface area (Å²) < 4.78 is 0.984. The first-order valence-corrected chi connectivity index (χ1v) is 7.74. The van der Waals surface area contributed by atoms with Crippen LogP contribution in [0.1, 0.15) is 25.7 Å². The van der Waals surface area contributed by atoms with Crippen LogP contribution in [0.2, 0.25) is 5.02 Å². The molecule has 1 aromatic rings. The van der Waals surface area contributed by atoms with E-state index < -0.39 is 0 Å². The predicted octanol–water partition coefficient (Wildman–Crippen LogP) is 4.14. The van der Waals surface area contributed by atoms with Crippen LogP contribution in [0.5, 0.6) is 0 Å². The van der Waals surface area contributed by atoms with Crippen LogP contribution < -0.4 is 5.32 Å². The van der Waals surface area contributed by atoms with Crippen molar-refractivity contribution in [1.82, 2.24) is 4.90 Å². The Labute approximate surface area is 122 Å². The van der Waals surface area contributed by atoms with Crippen molar-refractivity contribution >= 4 is 33.2 Å². The van der Waals surface area contributed by atoms with Gasteiger partial charge in [0.05, 0.1) is 15.2 Å². The zero-order valence-corrected chi connectivity index (χ0v) is 12.8. The molecule has 18 heavy (non-hydrogen) atoms. The molecule has 0 amide bonds. The Hall–Kier alpha value is -0.250. The monoisotopic (exact) mass is 328 g/mol. The van der Waals surface area contributed by atoms with Crippen molar-refractivity contribution in [3.63, 3.8) is 0 Å². The Balaban J connectivity index is 1.72. The summed E-state index contributed by atoms with van der Waals surface area (Å²) in [4.78, 5) is 2.56. The number of anilines is 1. The van der Waals surface area contributed by atoms with E-state index >= 15 is 0 Å². The van der Waals surface area contributed by atoms with E-state index in [1.807, 2.05) is 12.1 Å². The summed E-state index contributed by atoms with van der Waals surface area (Å²) in [6, 6.07) is 8.11. The van der Waals surface area contributed by atoms with Crippen LogP contribution in [0.25, 0.3) is 0 Å². The Kier molecular flexibility index (Phi) is 3.57. The molecule has 2 bridgehead atoms. The molecule has 2 unspecified atom stereocenters. The number of nitrogens with zero attached hydrogens (tertiary/aromatic N) is 1. The van der Waals surface area contributed by atoms with Crippen molar-refractivity contribution in [3.05, 3.63) is 27.7 Å². The van der Waals surface area contributed by atoms with Crippen molar-refractivity contribution in [2.24, 2.45) is 0 Å². The first kappa shape index (κ1) is 12.8. The minimum Gasteiger partial charge on any atom is -0.381 e. The van der Waals surface area contributed by atoms with Gasteiger partial charge in [-0.3, -0.25) is 0 Å². The molecule has 0 aliphatic carbocycles. The highest BCUT2D eigenvalue weighted by atomic mass is 79.9. The van der Waals surface area contributed by atoms with Gasteiger partial charge in [0.2, 0.25) is 0 Å². The molecule has 0 spiro atoms. The molecule has 2 aliphatic rings. The van der Waals surface area contributed by atoms with Crippen molar-refractivity contribution in [1.29, 1.82) is 0 Å². The van der Waals surface area contributed by atoms with E-state index in [0.717, 1.165) is 27.3 Å². The van der Waals surface area contributed by atoms with Gasteiger partial charge in [-0.05, 0) is 60.8 Å². The first-order chi connectivity index (χ1) is 8.65. The second-order valence-corrected chi connectivity index (χ2v) is 6.66. The van der Waals surface area contributed by atoms with Crippen LogP contribution in [0.3, 0.4) is 0 Å². The lowest BCUT2D eigenvalue weighted by Crippen LogP contribution is -2.44. The van der Waals surface area contributed by atoms with Gasteiger partial charge in [0.15, 0.2) is 0 Å². The Morgan fingerprint density at radius 3 is 2.61 bits per heavy atom. The lowest BCUT2D eigenvalue weighted by molar-refractivity contribution is 0.169. The van der Waals surface area contributed by atoms with E-state index in [1.165, 1.54) is 25.7 Å². The second-order valence-electron chi connectivity index (χ2n) is 5.46. The maximum Gasteiger partial charge on any atom is 0.0593 e. The van der Waals surface area contributed by atoms with Crippen molar-refractivity contribution in [2.75, 3.05) is 12.4 Å². The Bertz CT molecular complexity index is 437. The topological polar surface area (TPSA) is 15.3 Å². The molecule has 2 heterocycles. The fourth-order valence-electron chi connectivity index (χ4n) is 3.36. The molecular weight excluding hydrogens is 312 g/mol. The number of piperidine rings is 1. The third kappa shape index (κ3) is 2.28. The molecule has 3 rings (SSSR count). The van der Waals surface area contributed by atoms with Gasteiger partial charge >= 0.3 is 0 Å². The van der Waals surface area contributed by atoms with Gasteiger partial charge in [-0.25, -0.2) is 0 Å². The van der Waals surface area contributed by atoms with Gasteiger partial charge in [0, 0.05) is 18.1 Å². The van der Waals surface area contributed by atoms with Crippen LogP contribution in [-0.2, 0) is 0 Å². The largest absolute Gasteiger partial charge is 0.381 e. The van der Waals surface area contributed by atoms with Gasteiger partial charge in [0.1, 0.15) is 0 Å². The van der Waals surface area contributed by atoms with Gasteiger partial charge < -0.3 is 10.2 Å². The van der Waals surface area contributed by atoms with E-state index in [9.17, 15) is 0 Å². The van der Waals surface area contributed by atoms with E-state index in [4.69, 9.17) is 11.6 Å². The highest BCUT2D eigenvalue weighted by Gasteiger charge is 2.38. The molecule has 1 N–H and O–H groups in total. The summed E-state index contributed by atoms with van der Waals surface area (Å²) in [5.41, 5.74) is 1.12. The summed E-state index contributed by atoms with van der Waals surface area (Å²) in [7, 11) is 2.27. The third-order valence-electron chi connectivity index (χ3n) is 4.41. The summed E-state index contributed by atoms with van der Waals surface area (Å²) in [5, 5.41) is 4.43. The highest BCUT2D eigenvalue weighted by molar-refractivity contribution is 9.10. The number of nitrogens with one attached hydrogen (secondary N) is 1. The zero-order valence-electron chi connectivity index (χ0n) is 10.5. The average molecular weight is 330 g/mol. The van der Waals surface area contributed by atoms with E-state index in [1.54, 1.807) is 0 Å².